The number of amides is 1. The molecule has 1 amide bonds. The van der Waals surface area contributed by atoms with E-state index in [1.54, 1.807) is 19.1 Å². The summed E-state index contributed by atoms with van der Waals surface area (Å²) < 4.78 is 13.5. The first-order valence-corrected chi connectivity index (χ1v) is 9.51. The van der Waals surface area contributed by atoms with Crippen LogP contribution in [0.4, 0.5) is 10.1 Å². The number of anilines is 1. The second kappa shape index (κ2) is 8.31. The zero-order valence-corrected chi connectivity index (χ0v) is 16.2. The average Bonchev–Trinajstić information content (AvgIpc) is 2.65. The highest BCUT2D eigenvalue weighted by Crippen LogP contribution is 2.24. The van der Waals surface area contributed by atoms with E-state index in [-0.39, 0.29) is 17.5 Å². The van der Waals surface area contributed by atoms with Crippen LogP contribution in [0.3, 0.4) is 0 Å². The Morgan fingerprint density at radius 3 is 2.48 bits per heavy atom. The number of nitrogens with zero attached hydrogens (tertiary/aromatic N) is 2. The summed E-state index contributed by atoms with van der Waals surface area (Å²) >= 11 is 1.29. The maximum atomic E-state index is 13.5. The van der Waals surface area contributed by atoms with E-state index in [1.807, 2.05) is 26.0 Å². The average molecular weight is 381 g/mol. The van der Waals surface area contributed by atoms with Crippen molar-refractivity contribution in [3.8, 4) is 11.3 Å². The van der Waals surface area contributed by atoms with Crippen LogP contribution in [0.2, 0.25) is 0 Å². The van der Waals surface area contributed by atoms with Gasteiger partial charge in [-0.2, -0.15) is 0 Å². The van der Waals surface area contributed by atoms with Gasteiger partial charge in [0.1, 0.15) is 10.8 Å². The Bertz CT molecular complexity index is 974. The minimum Gasteiger partial charge on any atom is -0.325 e. The van der Waals surface area contributed by atoms with Crippen molar-refractivity contribution >= 4 is 23.4 Å². The van der Waals surface area contributed by atoms with Gasteiger partial charge in [0.05, 0.1) is 11.4 Å². The molecular formula is C21H20FN3OS. The van der Waals surface area contributed by atoms with E-state index in [0.29, 0.717) is 16.3 Å². The Hall–Kier alpha value is -2.73. The molecule has 0 atom stereocenters. The highest BCUT2D eigenvalue weighted by Gasteiger charge is 2.08. The third-order valence-electron chi connectivity index (χ3n) is 4.12. The number of aryl methyl sites for hydroxylation is 3. The first-order valence-electron chi connectivity index (χ1n) is 8.52. The molecule has 138 valence electrons. The van der Waals surface area contributed by atoms with E-state index in [0.717, 1.165) is 16.8 Å². The number of hydrogen-bond acceptors (Lipinski definition) is 4. The molecule has 0 spiro atoms. The number of hydrogen-bond donors (Lipinski definition) is 1. The van der Waals surface area contributed by atoms with Crippen molar-refractivity contribution in [2.75, 3.05) is 11.1 Å². The first kappa shape index (κ1) is 19.0. The summed E-state index contributed by atoms with van der Waals surface area (Å²) in [6.45, 7) is 5.76. The van der Waals surface area contributed by atoms with E-state index in [2.05, 4.69) is 33.7 Å². The van der Waals surface area contributed by atoms with Crippen LogP contribution < -0.4 is 5.32 Å². The van der Waals surface area contributed by atoms with Gasteiger partial charge in [0.15, 0.2) is 0 Å². The molecule has 0 saturated carbocycles. The molecule has 0 aliphatic heterocycles. The van der Waals surface area contributed by atoms with Gasteiger partial charge in [-0.15, -0.1) is 10.2 Å². The van der Waals surface area contributed by atoms with Gasteiger partial charge in [0, 0.05) is 11.3 Å². The Kier molecular flexibility index (Phi) is 5.86. The fourth-order valence-electron chi connectivity index (χ4n) is 2.56. The van der Waals surface area contributed by atoms with Gasteiger partial charge in [-0.1, -0.05) is 35.5 Å². The smallest absolute Gasteiger partial charge is 0.234 e. The number of halogens is 1. The monoisotopic (exact) mass is 381 g/mol. The van der Waals surface area contributed by atoms with Crippen molar-refractivity contribution in [1.29, 1.82) is 0 Å². The van der Waals surface area contributed by atoms with Gasteiger partial charge >= 0.3 is 0 Å². The summed E-state index contributed by atoms with van der Waals surface area (Å²) in [7, 11) is 0. The second-order valence-corrected chi connectivity index (χ2v) is 7.37. The van der Waals surface area contributed by atoms with Crippen LogP contribution in [0, 0.1) is 26.6 Å². The molecule has 0 aliphatic carbocycles. The minimum absolute atomic E-state index is 0.174. The lowest BCUT2D eigenvalue weighted by Gasteiger charge is -2.07. The largest absolute Gasteiger partial charge is 0.325 e. The van der Waals surface area contributed by atoms with E-state index >= 15 is 0 Å². The summed E-state index contributed by atoms with van der Waals surface area (Å²) in [5, 5.41) is 11.8. The maximum Gasteiger partial charge on any atom is 0.234 e. The molecule has 4 nitrogen and oxygen atoms in total. The van der Waals surface area contributed by atoms with E-state index in [4.69, 9.17) is 0 Å². The van der Waals surface area contributed by atoms with Crippen molar-refractivity contribution in [3.63, 3.8) is 0 Å². The van der Waals surface area contributed by atoms with Crippen molar-refractivity contribution in [2.45, 2.75) is 25.8 Å². The molecule has 1 aromatic heterocycles. The number of aromatic nitrogens is 2. The van der Waals surface area contributed by atoms with Crippen LogP contribution in [-0.4, -0.2) is 21.9 Å². The maximum absolute atomic E-state index is 13.5. The van der Waals surface area contributed by atoms with Gasteiger partial charge in [0.2, 0.25) is 5.91 Å². The predicted octanol–water partition coefficient (Wildman–Crippen LogP) is 4.94. The van der Waals surface area contributed by atoms with Gasteiger partial charge in [0.25, 0.3) is 0 Å². The Morgan fingerprint density at radius 1 is 1.00 bits per heavy atom. The van der Waals surface area contributed by atoms with Crippen molar-refractivity contribution in [3.05, 3.63) is 71.0 Å². The highest BCUT2D eigenvalue weighted by atomic mass is 32.2. The molecule has 1 N–H and O–H groups in total. The van der Waals surface area contributed by atoms with Crippen LogP contribution in [0.5, 0.6) is 0 Å². The molecule has 2 aromatic carbocycles. The number of carbonyl (C=O) groups is 1. The molecule has 1 heterocycles. The first-order chi connectivity index (χ1) is 12.9. The summed E-state index contributed by atoms with van der Waals surface area (Å²) in [5.74, 6) is -0.385. The Balaban J connectivity index is 1.60. The molecule has 0 saturated heterocycles. The topological polar surface area (TPSA) is 54.9 Å². The predicted molar refractivity (Wildman–Crippen MR) is 107 cm³/mol. The van der Waals surface area contributed by atoms with Gasteiger partial charge in [-0.05, 0) is 62.2 Å². The molecule has 0 fully saturated rings. The molecule has 3 aromatic rings. The minimum atomic E-state index is -0.339. The Morgan fingerprint density at radius 2 is 1.78 bits per heavy atom. The van der Waals surface area contributed by atoms with Crippen LogP contribution in [-0.2, 0) is 4.79 Å². The Labute approximate surface area is 162 Å². The SMILES string of the molecule is Cc1ccc(C)c(-c2ccc(SCC(=O)Nc3ccc(C)c(F)c3)nn2)c1. The van der Waals surface area contributed by atoms with Gasteiger partial charge < -0.3 is 5.32 Å². The quantitative estimate of drug-likeness (QED) is 0.636. The standard InChI is InChI=1S/C21H20FN3OS/c1-13-4-5-14(2)17(10-13)19-8-9-21(25-24-19)27-12-20(26)23-16-7-6-15(3)18(22)11-16/h4-11H,12H2,1-3H3,(H,23,26). The van der Waals surface area contributed by atoms with Gasteiger partial charge in [-0.25, -0.2) is 4.39 Å². The van der Waals surface area contributed by atoms with Crippen LogP contribution in [0.1, 0.15) is 16.7 Å². The molecule has 0 aliphatic rings. The van der Waals surface area contributed by atoms with Crippen molar-refractivity contribution < 1.29 is 9.18 Å². The normalized spacial score (nSPS) is 10.7. The van der Waals surface area contributed by atoms with E-state index in [9.17, 15) is 9.18 Å². The molecular weight excluding hydrogens is 361 g/mol. The molecule has 3 rings (SSSR count). The summed E-state index contributed by atoms with van der Waals surface area (Å²) in [6.07, 6.45) is 0. The lowest BCUT2D eigenvalue weighted by Crippen LogP contribution is -2.14. The van der Waals surface area contributed by atoms with Gasteiger partial charge in [-0.3, -0.25) is 4.79 Å². The number of benzene rings is 2. The second-order valence-electron chi connectivity index (χ2n) is 6.38. The third-order valence-corrected chi connectivity index (χ3v) is 5.04. The lowest BCUT2D eigenvalue weighted by molar-refractivity contribution is -0.113. The number of thioether (sulfide) groups is 1. The molecule has 6 heteroatoms. The summed E-state index contributed by atoms with van der Waals surface area (Å²) in [4.78, 5) is 12.0. The van der Waals surface area contributed by atoms with Crippen LogP contribution >= 0.6 is 11.8 Å². The summed E-state index contributed by atoms with van der Waals surface area (Å²) in [6, 6.07) is 14.6. The summed E-state index contributed by atoms with van der Waals surface area (Å²) in [5.41, 5.74) is 5.15. The van der Waals surface area contributed by atoms with E-state index < -0.39 is 0 Å². The third kappa shape index (κ3) is 4.92. The number of nitrogens with one attached hydrogen (secondary N) is 1. The van der Waals surface area contributed by atoms with Crippen molar-refractivity contribution in [1.82, 2.24) is 10.2 Å². The van der Waals surface area contributed by atoms with Crippen LogP contribution in [0.25, 0.3) is 11.3 Å². The van der Waals surface area contributed by atoms with Crippen LogP contribution in [0.15, 0.2) is 53.6 Å². The lowest BCUT2D eigenvalue weighted by atomic mass is 10.0. The fourth-order valence-corrected chi connectivity index (χ4v) is 3.17. The number of carbonyl (C=O) groups excluding carboxylic acids is 1. The molecule has 27 heavy (non-hydrogen) atoms. The molecule has 0 unspecified atom stereocenters. The zero-order valence-electron chi connectivity index (χ0n) is 15.4. The number of rotatable bonds is 5. The van der Waals surface area contributed by atoms with Crippen molar-refractivity contribution in [2.24, 2.45) is 0 Å². The zero-order chi connectivity index (χ0) is 19.4. The highest BCUT2D eigenvalue weighted by molar-refractivity contribution is 7.99. The van der Waals surface area contributed by atoms with E-state index in [1.165, 1.54) is 23.4 Å². The fraction of sp³-hybridized carbons (Fsp3) is 0.190. The molecule has 0 bridgehead atoms. The molecule has 0 radical (unpaired) electrons.